The number of sulfonamides is 1. The summed E-state index contributed by atoms with van der Waals surface area (Å²) in [5.41, 5.74) is 0.0443. The van der Waals surface area contributed by atoms with Crippen molar-refractivity contribution in [1.29, 1.82) is 0 Å². The molecule has 1 aliphatic rings. The number of sulfone groups is 1. The zero-order valence-corrected chi connectivity index (χ0v) is 15.7. The number of aryl methyl sites for hydroxylation is 1. The van der Waals surface area contributed by atoms with Gasteiger partial charge in [0.15, 0.2) is 9.84 Å². The Morgan fingerprint density at radius 1 is 1.27 bits per heavy atom. The Kier molecular flexibility index (Phi) is 4.55. The Hall–Kier alpha value is -2.01. The fourth-order valence-electron chi connectivity index (χ4n) is 3.13. The molecule has 1 N–H and O–H groups in total. The van der Waals surface area contributed by atoms with E-state index in [9.17, 15) is 25.6 Å². The molecule has 1 aliphatic heterocycles. The zero-order chi connectivity index (χ0) is 19.3. The van der Waals surface area contributed by atoms with Gasteiger partial charge in [-0.05, 0) is 32.4 Å². The Bertz CT molecular complexity index is 1080. The molecule has 11 heteroatoms. The van der Waals surface area contributed by atoms with E-state index in [2.05, 4.69) is 9.82 Å². The van der Waals surface area contributed by atoms with Crippen molar-refractivity contribution in [2.75, 3.05) is 16.2 Å². The lowest BCUT2D eigenvalue weighted by molar-refractivity contribution is 0.484. The van der Waals surface area contributed by atoms with E-state index in [4.69, 9.17) is 0 Å². The number of halogens is 2. The van der Waals surface area contributed by atoms with Gasteiger partial charge in [-0.15, -0.1) is 0 Å². The average Bonchev–Trinajstić information content (AvgIpc) is 3.01. The van der Waals surface area contributed by atoms with Gasteiger partial charge < -0.3 is 0 Å². The predicted octanol–water partition coefficient (Wildman–Crippen LogP) is 1.94. The molecule has 1 aromatic heterocycles. The highest BCUT2D eigenvalue weighted by Crippen LogP contribution is 2.30. The molecule has 0 amide bonds. The highest BCUT2D eigenvalue weighted by molar-refractivity contribution is 7.92. The summed E-state index contributed by atoms with van der Waals surface area (Å²) in [4.78, 5) is -0.148. The van der Waals surface area contributed by atoms with Gasteiger partial charge in [-0.25, -0.2) is 25.6 Å². The zero-order valence-electron chi connectivity index (χ0n) is 14.0. The summed E-state index contributed by atoms with van der Waals surface area (Å²) < 4.78 is 79.0. The van der Waals surface area contributed by atoms with E-state index in [1.165, 1.54) is 18.5 Å². The maximum atomic E-state index is 13.8. The molecular formula is C15H17F2N3O4S2. The predicted molar refractivity (Wildman–Crippen MR) is 91.2 cm³/mol. The minimum absolute atomic E-state index is 0.0249. The first-order chi connectivity index (χ1) is 12.0. The molecule has 0 bridgehead atoms. The quantitative estimate of drug-likeness (QED) is 0.838. The van der Waals surface area contributed by atoms with Gasteiger partial charge in [0.2, 0.25) is 0 Å². The lowest BCUT2D eigenvalue weighted by atomic mass is 10.2. The van der Waals surface area contributed by atoms with Crippen molar-refractivity contribution in [2.45, 2.75) is 31.2 Å². The molecule has 2 heterocycles. The van der Waals surface area contributed by atoms with E-state index in [1.54, 1.807) is 0 Å². The monoisotopic (exact) mass is 405 g/mol. The van der Waals surface area contributed by atoms with Crippen LogP contribution in [0.1, 0.15) is 23.9 Å². The summed E-state index contributed by atoms with van der Waals surface area (Å²) in [7, 11) is -7.36. The summed E-state index contributed by atoms with van der Waals surface area (Å²) in [5, 5.41) is 4.18. The van der Waals surface area contributed by atoms with E-state index in [0.29, 0.717) is 12.5 Å². The Labute approximate surface area is 150 Å². The van der Waals surface area contributed by atoms with Gasteiger partial charge in [-0.3, -0.25) is 9.40 Å². The summed E-state index contributed by atoms with van der Waals surface area (Å²) in [6.07, 6.45) is 0.351. The Morgan fingerprint density at radius 3 is 2.54 bits per heavy atom. The van der Waals surface area contributed by atoms with Gasteiger partial charge in [0.1, 0.15) is 16.5 Å². The molecule has 3 rings (SSSR count). The van der Waals surface area contributed by atoms with Crippen LogP contribution in [0.5, 0.6) is 0 Å². The van der Waals surface area contributed by atoms with Crippen molar-refractivity contribution in [3.63, 3.8) is 0 Å². The fourth-order valence-corrected chi connectivity index (χ4v) is 6.29. The lowest BCUT2D eigenvalue weighted by Gasteiger charge is -2.12. The third-order valence-electron chi connectivity index (χ3n) is 4.26. The maximum Gasteiger partial charge on any atom is 0.265 e. The second kappa shape index (κ2) is 6.31. The SMILES string of the molecule is Cc1nn([C@H]2CCS(=O)(=O)C2)c(C)c1S(=O)(=O)Nc1ccc(F)cc1F. The molecule has 0 radical (unpaired) electrons. The summed E-state index contributed by atoms with van der Waals surface area (Å²) >= 11 is 0. The van der Waals surface area contributed by atoms with E-state index in [1.807, 2.05) is 0 Å². The van der Waals surface area contributed by atoms with Crippen LogP contribution in [0, 0.1) is 25.5 Å². The van der Waals surface area contributed by atoms with Gasteiger partial charge in [-0.1, -0.05) is 0 Å². The van der Waals surface area contributed by atoms with Crippen molar-refractivity contribution in [2.24, 2.45) is 0 Å². The minimum atomic E-state index is -4.19. The van der Waals surface area contributed by atoms with Crippen molar-refractivity contribution >= 4 is 25.5 Å². The number of rotatable bonds is 4. The van der Waals surface area contributed by atoms with Crippen LogP contribution < -0.4 is 4.72 Å². The number of anilines is 1. The molecule has 0 unspecified atom stereocenters. The molecule has 0 aliphatic carbocycles. The number of nitrogens with zero attached hydrogens (tertiary/aromatic N) is 2. The van der Waals surface area contributed by atoms with Gasteiger partial charge in [0, 0.05) is 6.07 Å². The third-order valence-corrected chi connectivity index (χ3v) is 7.62. The van der Waals surface area contributed by atoms with Crippen LogP contribution in [-0.4, -0.2) is 38.1 Å². The van der Waals surface area contributed by atoms with Crippen molar-refractivity contribution in [3.05, 3.63) is 41.2 Å². The highest BCUT2D eigenvalue weighted by Gasteiger charge is 2.34. The maximum absolute atomic E-state index is 13.8. The van der Waals surface area contributed by atoms with Crippen molar-refractivity contribution in [3.8, 4) is 0 Å². The van der Waals surface area contributed by atoms with E-state index in [0.717, 1.165) is 12.1 Å². The third kappa shape index (κ3) is 3.45. The average molecular weight is 405 g/mol. The van der Waals surface area contributed by atoms with Gasteiger partial charge in [0.05, 0.1) is 34.6 Å². The number of nitrogens with one attached hydrogen (secondary N) is 1. The van der Waals surface area contributed by atoms with E-state index >= 15 is 0 Å². The van der Waals surface area contributed by atoms with Crippen LogP contribution >= 0.6 is 0 Å². The first-order valence-corrected chi connectivity index (χ1v) is 11.0. The van der Waals surface area contributed by atoms with Gasteiger partial charge in [-0.2, -0.15) is 5.10 Å². The standard InChI is InChI=1S/C15H17F2N3O4S2/c1-9-15(10(2)20(18-9)12-5-6-25(21,22)8-12)26(23,24)19-14-4-3-11(16)7-13(14)17/h3-4,7,12,19H,5-6,8H2,1-2H3/t12-/m0/s1. The topological polar surface area (TPSA) is 98.1 Å². The molecule has 7 nitrogen and oxygen atoms in total. The number of hydrogen-bond acceptors (Lipinski definition) is 5. The first kappa shape index (κ1) is 18.8. The molecular weight excluding hydrogens is 388 g/mol. The molecule has 26 heavy (non-hydrogen) atoms. The van der Waals surface area contributed by atoms with Crippen LogP contribution in [0.3, 0.4) is 0 Å². The number of hydrogen-bond donors (Lipinski definition) is 1. The molecule has 2 aromatic rings. The van der Waals surface area contributed by atoms with E-state index in [-0.39, 0.29) is 33.5 Å². The van der Waals surface area contributed by atoms with Crippen LogP contribution in [0.2, 0.25) is 0 Å². The molecule has 1 aromatic carbocycles. The largest absolute Gasteiger partial charge is 0.277 e. The van der Waals surface area contributed by atoms with Gasteiger partial charge >= 0.3 is 0 Å². The summed E-state index contributed by atoms with van der Waals surface area (Å²) in [5.74, 6) is -1.95. The second-order valence-corrected chi connectivity index (χ2v) is 10.1. The molecule has 1 saturated heterocycles. The Balaban J connectivity index is 1.98. The summed E-state index contributed by atoms with van der Waals surface area (Å²) in [6.45, 7) is 2.99. The smallest absolute Gasteiger partial charge is 0.265 e. The lowest BCUT2D eigenvalue weighted by Crippen LogP contribution is -2.17. The number of benzene rings is 1. The van der Waals surface area contributed by atoms with Crippen LogP contribution in [0.15, 0.2) is 23.1 Å². The van der Waals surface area contributed by atoms with Crippen LogP contribution in [-0.2, 0) is 19.9 Å². The highest BCUT2D eigenvalue weighted by atomic mass is 32.2. The first-order valence-electron chi connectivity index (χ1n) is 7.74. The van der Waals surface area contributed by atoms with Crippen LogP contribution in [0.25, 0.3) is 0 Å². The molecule has 1 fully saturated rings. The molecule has 0 spiro atoms. The summed E-state index contributed by atoms with van der Waals surface area (Å²) in [6, 6.07) is 2.06. The van der Waals surface area contributed by atoms with Crippen molar-refractivity contribution < 1.29 is 25.6 Å². The number of aromatic nitrogens is 2. The van der Waals surface area contributed by atoms with Crippen LogP contribution in [0.4, 0.5) is 14.5 Å². The molecule has 142 valence electrons. The fraction of sp³-hybridized carbons (Fsp3) is 0.400. The molecule has 0 saturated carbocycles. The van der Waals surface area contributed by atoms with Crippen molar-refractivity contribution in [1.82, 2.24) is 9.78 Å². The van der Waals surface area contributed by atoms with Gasteiger partial charge in [0.25, 0.3) is 10.0 Å². The second-order valence-electron chi connectivity index (χ2n) is 6.23. The normalized spacial score (nSPS) is 19.6. The molecule has 1 atom stereocenters. The minimum Gasteiger partial charge on any atom is -0.277 e. The Morgan fingerprint density at radius 2 is 1.96 bits per heavy atom. The van der Waals surface area contributed by atoms with E-state index < -0.39 is 37.5 Å².